The fourth-order valence-corrected chi connectivity index (χ4v) is 4.55. The molecule has 162 valence electrons. The number of nitrogens with zero attached hydrogens (tertiary/aromatic N) is 2. The van der Waals surface area contributed by atoms with Crippen LogP contribution in [0.4, 0.5) is 13.2 Å². The molecule has 3 aliphatic rings. The van der Waals surface area contributed by atoms with Gasteiger partial charge in [0.25, 0.3) is 0 Å². The molecule has 2 heterocycles. The summed E-state index contributed by atoms with van der Waals surface area (Å²) >= 11 is 0. The summed E-state index contributed by atoms with van der Waals surface area (Å²) < 4.78 is 44.1. The van der Waals surface area contributed by atoms with Gasteiger partial charge in [0, 0.05) is 37.3 Å². The lowest BCUT2D eigenvalue weighted by atomic mass is 9.80. The summed E-state index contributed by atoms with van der Waals surface area (Å²) in [5.41, 5.74) is -0.919. The molecular weight excluding hydrogens is 387 g/mol. The van der Waals surface area contributed by atoms with Gasteiger partial charge in [0.2, 0.25) is 5.91 Å². The highest BCUT2D eigenvalue weighted by Crippen LogP contribution is 2.43. The monoisotopic (exact) mass is 415 g/mol. The number of carbonyl (C=O) groups is 2. The van der Waals surface area contributed by atoms with Gasteiger partial charge in [-0.3, -0.25) is 19.5 Å². The first-order chi connectivity index (χ1) is 13.7. The van der Waals surface area contributed by atoms with Crippen molar-refractivity contribution in [2.75, 3.05) is 32.7 Å². The first-order valence-corrected chi connectivity index (χ1v) is 10.2. The summed E-state index contributed by atoms with van der Waals surface area (Å²) in [6.07, 6.45) is -1.63. The van der Waals surface area contributed by atoms with E-state index in [1.807, 2.05) is 6.92 Å². The summed E-state index contributed by atoms with van der Waals surface area (Å²) in [4.78, 5) is 31.3. The molecule has 0 aromatic rings. The molecular formula is C20H28F3N3O3. The van der Waals surface area contributed by atoms with Crippen LogP contribution in [-0.4, -0.2) is 67.0 Å². The maximum absolute atomic E-state index is 12.8. The fourth-order valence-electron chi connectivity index (χ4n) is 4.55. The molecule has 29 heavy (non-hydrogen) atoms. The van der Waals surface area contributed by atoms with Crippen molar-refractivity contribution in [1.29, 1.82) is 0 Å². The van der Waals surface area contributed by atoms with Gasteiger partial charge < -0.3 is 10.1 Å². The Morgan fingerprint density at radius 1 is 1.41 bits per heavy atom. The number of amides is 1. The van der Waals surface area contributed by atoms with Crippen molar-refractivity contribution >= 4 is 17.6 Å². The second kappa shape index (κ2) is 8.45. The first-order valence-electron chi connectivity index (χ1n) is 10.2. The topological polar surface area (TPSA) is 71.0 Å². The minimum Gasteiger partial charge on any atom is -0.457 e. The molecule has 1 amide bonds. The Kier molecular flexibility index (Phi) is 6.36. The Morgan fingerprint density at radius 3 is 2.83 bits per heavy atom. The molecule has 0 aromatic heterocycles. The Labute approximate surface area is 168 Å². The average Bonchev–Trinajstić information content (AvgIpc) is 3.18. The van der Waals surface area contributed by atoms with Crippen LogP contribution < -0.4 is 5.32 Å². The molecule has 1 aliphatic carbocycles. The number of likely N-dealkylation sites (tertiary alicyclic amines) is 1. The van der Waals surface area contributed by atoms with E-state index in [4.69, 9.17) is 4.74 Å². The van der Waals surface area contributed by atoms with E-state index in [1.165, 1.54) is 0 Å². The van der Waals surface area contributed by atoms with Gasteiger partial charge in [0.15, 0.2) is 0 Å². The van der Waals surface area contributed by atoms with E-state index < -0.39 is 29.2 Å². The number of hydrogen-bond donors (Lipinski definition) is 1. The lowest BCUT2D eigenvalue weighted by molar-refractivity contribution is -0.150. The highest BCUT2D eigenvalue weighted by molar-refractivity contribution is 5.96. The molecule has 1 spiro atoms. The van der Waals surface area contributed by atoms with Gasteiger partial charge in [-0.2, -0.15) is 13.2 Å². The van der Waals surface area contributed by atoms with Gasteiger partial charge >= 0.3 is 12.1 Å². The maximum atomic E-state index is 12.8. The molecule has 0 bridgehead atoms. The average molecular weight is 415 g/mol. The molecule has 3 rings (SSSR count). The molecule has 0 aromatic carbocycles. The van der Waals surface area contributed by atoms with E-state index in [0.717, 1.165) is 19.2 Å². The molecule has 1 N–H and O–H groups in total. The van der Waals surface area contributed by atoms with Crippen LogP contribution in [0, 0.1) is 11.8 Å². The normalized spacial score (nSPS) is 32.0. The molecule has 2 aliphatic heterocycles. The number of alkyl halides is 3. The number of nitrogens with one attached hydrogen (secondary N) is 1. The third kappa shape index (κ3) is 4.65. The molecule has 2 saturated heterocycles. The van der Waals surface area contributed by atoms with Crippen molar-refractivity contribution < 1.29 is 27.5 Å². The minimum atomic E-state index is -4.32. The predicted octanol–water partition coefficient (Wildman–Crippen LogP) is 2.49. The highest BCUT2D eigenvalue weighted by atomic mass is 19.4. The number of likely N-dealkylation sites (N-methyl/N-ethyl adjacent to an activating group) is 1. The number of hydrogen-bond acceptors (Lipinski definition) is 5. The molecule has 3 atom stereocenters. The van der Waals surface area contributed by atoms with Crippen molar-refractivity contribution in [3.8, 4) is 0 Å². The van der Waals surface area contributed by atoms with Gasteiger partial charge in [-0.15, -0.1) is 0 Å². The summed E-state index contributed by atoms with van der Waals surface area (Å²) in [6.45, 7) is 6.30. The largest absolute Gasteiger partial charge is 0.457 e. The van der Waals surface area contributed by atoms with Crippen LogP contribution in [0.25, 0.3) is 0 Å². The molecule has 3 unspecified atom stereocenters. The van der Waals surface area contributed by atoms with E-state index in [-0.39, 0.29) is 31.4 Å². The Morgan fingerprint density at radius 2 is 2.17 bits per heavy atom. The predicted molar refractivity (Wildman–Crippen MR) is 102 cm³/mol. The zero-order chi connectivity index (χ0) is 21.2. The minimum absolute atomic E-state index is 0.0176. The third-order valence-corrected chi connectivity index (χ3v) is 6.12. The van der Waals surface area contributed by atoms with Crippen LogP contribution in [-0.2, 0) is 14.3 Å². The lowest BCUT2D eigenvalue weighted by Crippen LogP contribution is -2.48. The van der Waals surface area contributed by atoms with Gasteiger partial charge in [0.05, 0.1) is 18.4 Å². The van der Waals surface area contributed by atoms with E-state index in [0.29, 0.717) is 31.5 Å². The smallest absolute Gasteiger partial charge is 0.412 e. The molecule has 0 saturated carbocycles. The number of carbonyl (C=O) groups excluding carboxylic acids is 2. The van der Waals surface area contributed by atoms with Crippen LogP contribution >= 0.6 is 0 Å². The first kappa shape index (κ1) is 21.8. The summed E-state index contributed by atoms with van der Waals surface area (Å²) in [7, 11) is 0. The zero-order valence-corrected chi connectivity index (χ0v) is 16.8. The lowest BCUT2D eigenvalue weighted by Gasteiger charge is -2.29. The second-order valence-electron chi connectivity index (χ2n) is 8.06. The van der Waals surface area contributed by atoms with Crippen LogP contribution in [0.5, 0.6) is 0 Å². The Hall–Kier alpha value is -1.90. The highest BCUT2D eigenvalue weighted by Gasteiger charge is 2.59. The van der Waals surface area contributed by atoms with Crippen LogP contribution in [0.15, 0.2) is 16.6 Å². The number of allylic oxidation sites excluding steroid dienone is 2. The SMILES string of the molecule is CCN1CCC2(C1)OC(=O)C(C)C2C(=O)NCCN=C1C=C(C(F)(F)F)CCC1. The van der Waals surface area contributed by atoms with Gasteiger partial charge in [-0.25, -0.2) is 0 Å². The van der Waals surface area contributed by atoms with Gasteiger partial charge in [0.1, 0.15) is 5.60 Å². The summed E-state index contributed by atoms with van der Waals surface area (Å²) in [6, 6.07) is 0. The molecule has 2 fully saturated rings. The number of esters is 1. The summed E-state index contributed by atoms with van der Waals surface area (Å²) in [5.74, 6) is -1.69. The second-order valence-corrected chi connectivity index (χ2v) is 8.06. The standard InChI is InChI=1S/C20H28F3N3O3/c1-3-26-10-7-19(12-26)16(13(2)18(28)29-19)17(27)25-9-8-24-15-6-4-5-14(11-15)20(21,22)23/h11,13,16H,3-10,12H2,1-2H3,(H,25,27). The number of rotatable bonds is 5. The Balaban J connectivity index is 1.58. The fraction of sp³-hybridized carbons (Fsp3) is 0.750. The van der Waals surface area contributed by atoms with E-state index in [9.17, 15) is 22.8 Å². The van der Waals surface area contributed by atoms with Crippen LogP contribution in [0.1, 0.15) is 39.5 Å². The van der Waals surface area contributed by atoms with Crippen molar-refractivity contribution in [1.82, 2.24) is 10.2 Å². The van der Waals surface area contributed by atoms with E-state index >= 15 is 0 Å². The van der Waals surface area contributed by atoms with Gasteiger partial charge in [-0.05, 0) is 31.9 Å². The van der Waals surface area contributed by atoms with E-state index in [1.54, 1.807) is 6.92 Å². The van der Waals surface area contributed by atoms with Crippen molar-refractivity contribution in [2.24, 2.45) is 16.8 Å². The van der Waals surface area contributed by atoms with Crippen LogP contribution in [0.3, 0.4) is 0 Å². The Bertz CT molecular complexity index is 719. The van der Waals surface area contributed by atoms with Crippen molar-refractivity contribution in [3.63, 3.8) is 0 Å². The number of halogens is 3. The summed E-state index contributed by atoms with van der Waals surface area (Å²) in [5, 5.41) is 2.80. The molecule has 6 nitrogen and oxygen atoms in total. The maximum Gasteiger partial charge on any atom is 0.412 e. The van der Waals surface area contributed by atoms with Crippen LogP contribution in [0.2, 0.25) is 0 Å². The molecule has 9 heteroatoms. The van der Waals surface area contributed by atoms with Crippen molar-refractivity contribution in [2.45, 2.75) is 51.3 Å². The van der Waals surface area contributed by atoms with E-state index in [2.05, 4.69) is 15.2 Å². The van der Waals surface area contributed by atoms with Crippen molar-refractivity contribution in [3.05, 3.63) is 11.6 Å². The number of aliphatic imine (C=N–C) groups is 1. The third-order valence-electron chi connectivity index (χ3n) is 6.12. The van der Waals surface area contributed by atoms with Gasteiger partial charge in [-0.1, -0.05) is 13.8 Å². The number of ether oxygens (including phenoxy) is 1. The quantitative estimate of drug-likeness (QED) is 0.553. The molecule has 0 radical (unpaired) electrons. The zero-order valence-electron chi connectivity index (χ0n) is 16.8.